The molecule has 0 aliphatic carbocycles. The van der Waals surface area contributed by atoms with Gasteiger partial charge in [-0.3, -0.25) is 9.55 Å². The fourth-order valence-corrected chi connectivity index (χ4v) is 4.79. The lowest BCUT2D eigenvalue weighted by atomic mass is 10.0. The van der Waals surface area contributed by atoms with Crippen LogP contribution >= 0.6 is 11.6 Å². The molecule has 0 N–H and O–H groups in total. The predicted octanol–water partition coefficient (Wildman–Crippen LogP) is 4.83. The van der Waals surface area contributed by atoms with Gasteiger partial charge in [-0.25, -0.2) is 15.0 Å². The summed E-state index contributed by atoms with van der Waals surface area (Å²) < 4.78 is 7.77. The topological polar surface area (TPSA) is 69.0 Å². The SMILES string of the molecule is Cc1nc2c(-c3cncnc3)cc(N3CCOCC3)cc2n1-c1ccnc2c(Cl)cccc12. The van der Waals surface area contributed by atoms with Crippen molar-refractivity contribution in [2.75, 3.05) is 31.2 Å². The summed E-state index contributed by atoms with van der Waals surface area (Å²) >= 11 is 6.46. The maximum Gasteiger partial charge on any atom is 0.115 e. The van der Waals surface area contributed by atoms with E-state index in [9.17, 15) is 0 Å². The molecule has 1 aliphatic rings. The zero-order valence-corrected chi connectivity index (χ0v) is 18.8. The highest BCUT2D eigenvalue weighted by atomic mass is 35.5. The van der Waals surface area contributed by atoms with Crippen LogP contribution in [0.3, 0.4) is 0 Å². The first-order chi connectivity index (χ1) is 16.2. The van der Waals surface area contributed by atoms with Gasteiger partial charge < -0.3 is 9.64 Å². The first kappa shape index (κ1) is 20.1. The summed E-state index contributed by atoms with van der Waals surface area (Å²) in [5.41, 5.74) is 6.77. The van der Waals surface area contributed by atoms with Crippen molar-refractivity contribution < 1.29 is 4.74 Å². The van der Waals surface area contributed by atoms with Gasteiger partial charge in [0.15, 0.2) is 0 Å². The molecule has 1 aliphatic heterocycles. The highest BCUT2D eigenvalue weighted by Gasteiger charge is 2.20. The second-order valence-corrected chi connectivity index (χ2v) is 8.46. The lowest BCUT2D eigenvalue weighted by Crippen LogP contribution is -2.36. The van der Waals surface area contributed by atoms with Crippen LogP contribution in [0.1, 0.15) is 5.82 Å². The number of halogens is 1. The Kier molecular flexibility index (Phi) is 4.93. The van der Waals surface area contributed by atoms with Crippen molar-refractivity contribution in [2.45, 2.75) is 6.92 Å². The summed E-state index contributed by atoms with van der Waals surface area (Å²) in [4.78, 5) is 20.3. The summed E-state index contributed by atoms with van der Waals surface area (Å²) in [6.07, 6.45) is 7.01. The van der Waals surface area contributed by atoms with Crippen molar-refractivity contribution in [1.29, 1.82) is 0 Å². The van der Waals surface area contributed by atoms with E-state index in [0.717, 1.165) is 63.4 Å². The van der Waals surface area contributed by atoms with E-state index in [4.69, 9.17) is 21.3 Å². The summed E-state index contributed by atoms with van der Waals surface area (Å²) in [6, 6.07) is 12.3. The summed E-state index contributed by atoms with van der Waals surface area (Å²) in [5, 5.41) is 1.61. The first-order valence-corrected chi connectivity index (χ1v) is 11.2. The van der Waals surface area contributed by atoms with E-state index in [1.165, 1.54) is 0 Å². The Bertz CT molecular complexity index is 1480. The minimum Gasteiger partial charge on any atom is -0.378 e. The Balaban J connectivity index is 1.66. The molecule has 0 saturated carbocycles. The molecule has 164 valence electrons. The number of para-hydroxylation sites is 1. The molecule has 5 aromatic rings. The minimum atomic E-state index is 0.632. The van der Waals surface area contributed by atoms with Crippen LogP contribution in [0.25, 0.3) is 38.8 Å². The molecular weight excluding hydrogens is 436 g/mol. The average molecular weight is 457 g/mol. The second kappa shape index (κ2) is 8.10. The number of ether oxygens (including phenoxy) is 1. The molecule has 1 saturated heterocycles. The Labute approximate surface area is 195 Å². The minimum absolute atomic E-state index is 0.632. The van der Waals surface area contributed by atoms with Crippen LogP contribution < -0.4 is 4.90 Å². The van der Waals surface area contributed by atoms with Crippen molar-refractivity contribution in [2.24, 2.45) is 0 Å². The zero-order valence-electron chi connectivity index (χ0n) is 18.1. The van der Waals surface area contributed by atoms with Gasteiger partial charge in [0.05, 0.1) is 40.5 Å². The molecule has 8 heteroatoms. The van der Waals surface area contributed by atoms with E-state index >= 15 is 0 Å². The van der Waals surface area contributed by atoms with Crippen molar-refractivity contribution >= 4 is 39.2 Å². The number of benzene rings is 2. The number of pyridine rings is 1. The number of aryl methyl sites for hydroxylation is 1. The fourth-order valence-electron chi connectivity index (χ4n) is 4.57. The van der Waals surface area contributed by atoms with Gasteiger partial charge in [0.25, 0.3) is 0 Å². The Morgan fingerprint density at radius 2 is 1.82 bits per heavy atom. The molecule has 0 radical (unpaired) electrons. The van der Waals surface area contributed by atoms with Crippen LogP contribution in [-0.2, 0) is 4.74 Å². The number of hydrogen-bond donors (Lipinski definition) is 0. The molecule has 7 nitrogen and oxygen atoms in total. The number of rotatable bonds is 3. The van der Waals surface area contributed by atoms with E-state index in [-0.39, 0.29) is 0 Å². The molecule has 0 unspecified atom stereocenters. The number of nitrogens with zero attached hydrogens (tertiary/aromatic N) is 6. The van der Waals surface area contributed by atoms with Crippen molar-refractivity contribution in [3.63, 3.8) is 0 Å². The monoisotopic (exact) mass is 456 g/mol. The van der Waals surface area contributed by atoms with E-state index in [0.29, 0.717) is 18.2 Å². The zero-order chi connectivity index (χ0) is 22.4. The van der Waals surface area contributed by atoms with Gasteiger partial charge in [0.1, 0.15) is 12.2 Å². The quantitative estimate of drug-likeness (QED) is 0.387. The normalized spacial score (nSPS) is 14.3. The highest BCUT2D eigenvalue weighted by molar-refractivity contribution is 6.35. The molecule has 2 aromatic carbocycles. The molecule has 0 bridgehead atoms. The maximum absolute atomic E-state index is 6.46. The molecule has 0 spiro atoms. The van der Waals surface area contributed by atoms with Gasteiger partial charge in [-0.2, -0.15) is 0 Å². The van der Waals surface area contributed by atoms with Gasteiger partial charge >= 0.3 is 0 Å². The van der Waals surface area contributed by atoms with Gasteiger partial charge in [0, 0.05) is 53.9 Å². The van der Waals surface area contributed by atoms with Crippen LogP contribution in [0.5, 0.6) is 0 Å². The molecule has 0 atom stereocenters. The largest absolute Gasteiger partial charge is 0.378 e. The molecular formula is C25H21ClN6O. The summed E-state index contributed by atoms with van der Waals surface area (Å²) in [7, 11) is 0. The van der Waals surface area contributed by atoms with Crippen molar-refractivity contribution in [1.82, 2.24) is 24.5 Å². The average Bonchev–Trinajstić information content (AvgIpc) is 3.20. The highest BCUT2D eigenvalue weighted by Crippen LogP contribution is 2.36. The van der Waals surface area contributed by atoms with E-state index in [2.05, 4.69) is 36.6 Å². The molecule has 1 fully saturated rings. The van der Waals surface area contributed by atoms with Gasteiger partial charge in [-0.1, -0.05) is 23.7 Å². The van der Waals surface area contributed by atoms with Gasteiger partial charge in [0.2, 0.25) is 0 Å². The molecule has 6 rings (SSSR count). The first-order valence-electron chi connectivity index (χ1n) is 10.9. The van der Waals surface area contributed by atoms with Crippen LogP contribution in [-0.4, -0.2) is 50.8 Å². The number of hydrogen-bond acceptors (Lipinski definition) is 6. The van der Waals surface area contributed by atoms with Crippen LogP contribution in [0, 0.1) is 6.92 Å². The molecule has 33 heavy (non-hydrogen) atoms. The third-order valence-corrected chi connectivity index (χ3v) is 6.41. The number of morpholine rings is 1. The second-order valence-electron chi connectivity index (χ2n) is 8.05. The summed E-state index contributed by atoms with van der Waals surface area (Å²) in [5.74, 6) is 0.884. The molecule has 3 aromatic heterocycles. The van der Waals surface area contributed by atoms with E-state index in [1.54, 1.807) is 12.5 Å². The number of anilines is 1. The Morgan fingerprint density at radius 3 is 2.64 bits per heavy atom. The van der Waals surface area contributed by atoms with Crippen molar-refractivity contribution in [3.8, 4) is 16.8 Å². The lowest BCUT2D eigenvalue weighted by molar-refractivity contribution is 0.122. The smallest absolute Gasteiger partial charge is 0.115 e. The maximum atomic E-state index is 6.46. The predicted molar refractivity (Wildman–Crippen MR) is 130 cm³/mol. The molecule has 4 heterocycles. The van der Waals surface area contributed by atoms with Crippen LogP contribution in [0.4, 0.5) is 5.69 Å². The standard InChI is InChI=1S/C25H21ClN6O/c1-16-30-25-20(17-13-27-15-28-14-17)11-18(31-7-9-33-10-8-31)12-23(25)32(16)22-5-6-29-24-19(22)3-2-4-21(24)26/h2-6,11-15H,7-10H2,1H3. The Morgan fingerprint density at radius 1 is 1.00 bits per heavy atom. The van der Waals surface area contributed by atoms with Crippen molar-refractivity contribution in [3.05, 3.63) is 72.2 Å². The fraction of sp³-hybridized carbons (Fsp3) is 0.200. The van der Waals surface area contributed by atoms with Gasteiger partial charge in [-0.15, -0.1) is 0 Å². The lowest BCUT2D eigenvalue weighted by Gasteiger charge is -2.29. The third kappa shape index (κ3) is 3.41. The Hall–Kier alpha value is -3.55. The van der Waals surface area contributed by atoms with Crippen LogP contribution in [0.2, 0.25) is 5.02 Å². The van der Waals surface area contributed by atoms with Crippen LogP contribution in [0.15, 0.2) is 61.3 Å². The van der Waals surface area contributed by atoms with E-state index < -0.39 is 0 Å². The third-order valence-electron chi connectivity index (χ3n) is 6.10. The van der Waals surface area contributed by atoms with E-state index in [1.807, 2.05) is 43.6 Å². The van der Waals surface area contributed by atoms with Gasteiger partial charge in [-0.05, 0) is 31.2 Å². The summed E-state index contributed by atoms with van der Waals surface area (Å²) in [6.45, 7) is 5.14. The number of imidazole rings is 1. The number of fused-ring (bicyclic) bond motifs is 2. The number of aromatic nitrogens is 5. The molecule has 0 amide bonds.